The van der Waals surface area contributed by atoms with E-state index in [4.69, 9.17) is 0 Å². The highest BCUT2D eigenvalue weighted by molar-refractivity contribution is 5.90. The Hall–Kier alpha value is -2.37. The minimum absolute atomic E-state index is 0.0919. The summed E-state index contributed by atoms with van der Waals surface area (Å²) in [7, 11) is 0. The fourth-order valence-electron chi connectivity index (χ4n) is 1.35. The molecule has 0 bridgehead atoms. The summed E-state index contributed by atoms with van der Waals surface area (Å²) in [5.41, 5.74) is 1.32. The van der Waals surface area contributed by atoms with Gasteiger partial charge in [0.1, 0.15) is 24.9 Å². The summed E-state index contributed by atoms with van der Waals surface area (Å²) < 4.78 is 1.42. The van der Waals surface area contributed by atoms with Gasteiger partial charge >= 0.3 is 0 Å². The van der Waals surface area contributed by atoms with E-state index in [0.29, 0.717) is 5.69 Å². The molecular formula is C11H12N4O2. The van der Waals surface area contributed by atoms with E-state index in [1.165, 1.54) is 23.4 Å². The number of rotatable bonds is 3. The highest BCUT2D eigenvalue weighted by Gasteiger charge is 2.05. The number of hydrogen-bond acceptors (Lipinski definition) is 4. The molecule has 6 nitrogen and oxygen atoms in total. The second-order valence-corrected chi connectivity index (χ2v) is 3.64. The van der Waals surface area contributed by atoms with E-state index in [9.17, 15) is 9.90 Å². The zero-order valence-electron chi connectivity index (χ0n) is 9.29. The molecule has 1 aromatic carbocycles. The maximum absolute atomic E-state index is 11.6. The summed E-state index contributed by atoms with van der Waals surface area (Å²) in [6, 6.07) is 4.98. The van der Waals surface area contributed by atoms with Crippen molar-refractivity contribution in [3.8, 4) is 5.75 Å². The molecule has 0 fully saturated rings. The van der Waals surface area contributed by atoms with E-state index in [2.05, 4.69) is 15.4 Å². The summed E-state index contributed by atoms with van der Waals surface area (Å²) in [5, 5.41) is 16.0. The van der Waals surface area contributed by atoms with Crippen LogP contribution in [-0.2, 0) is 11.3 Å². The van der Waals surface area contributed by atoms with Gasteiger partial charge in [-0.2, -0.15) is 5.10 Å². The van der Waals surface area contributed by atoms with Gasteiger partial charge in [-0.05, 0) is 18.6 Å². The summed E-state index contributed by atoms with van der Waals surface area (Å²) in [6.07, 6.45) is 2.83. The highest BCUT2D eigenvalue weighted by atomic mass is 16.3. The number of carbonyl (C=O) groups excluding carboxylic acids is 1. The van der Waals surface area contributed by atoms with E-state index in [-0.39, 0.29) is 18.2 Å². The number of nitrogens with zero attached hydrogens (tertiary/aromatic N) is 3. The Bertz CT molecular complexity index is 522. The molecule has 0 saturated carbocycles. The number of hydrogen-bond donors (Lipinski definition) is 2. The number of aromatic hydroxyl groups is 1. The molecule has 0 radical (unpaired) electrons. The smallest absolute Gasteiger partial charge is 0.246 e. The molecule has 1 amide bonds. The Morgan fingerprint density at radius 3 is 3.00 bits per heavy atom. The van der Waals surface area contributed by atoms with Crippen LogP contribution in [0.25, 0.3) is 0 Å². The normalized spacial score (nSPS) is 10.2. The molecule has 1 heterocycles. The van der Waals surface area contributed by atoms with Crippen LogP contribution in [0.4, 0.5) is 5.69 Å². The van der Waals surface area contributed by atoms with Crippen LogP contribution in [0.3, 0.4) is 0 Å². The number of aryl methyl sites for hydroxylation is 1. The largest absolute Gasteiger partial charge is 0.508 e. The maximum Gasteiger partial charge on any atom is 0.246 e. The number of carbonyl (C=O) groups is 1. The van der Waals surface area contributed by atoms with Gasteiger partial charge in [-0.1, -0.05) is 6.07 Å². The minimum atomic E-state index is -0.223. The average molecular weight is 232 g/mol. The first-order chi connectivity index (χ1) is 8.15. The van der Waals surface area contributed by atoms with Crippen LogP contribution in [0.15, 0.2) is 30.9 Å². The average Bonchev–Trinajstić information content (AvgIpc) is 2.76. The molecule has 0 atom stereocenters. The molecule has 2 N–H and O–H groups in total. The van der Waals surface area contributed by atoms with Gasteiger partial charge in [-0.3, -0.25) is 4.79 Å². The molecule has 1 aromatic heterocycles. The van der Waals surface area contributed by atoms with Gasteiger partial charge in [0.05, 0.1) is 0 Å². The van der Waals surface area contributed by atoms with Crippen LogP contribution in [0.5, 0.6) is 5.75 Å². The van der Waals surface area contributed by atoms with Crippen LogP contribution >= 0.6 is 0 Å². The molecule has 17 heavy (non-hydrogen) atoms. The van der Waals surface area contributed by atoms with Crippen molar-refractivity contribution in [1.82, 2.24) is 14.8 Å². The second-order valence-electron chi connectivity index (χ2n) is 3.64. The van der Waals surface area contributed by atoms with E-state index in [1.54, 1.807) is 19.1 Å². The lowest BCUT2D eigenvalue weighted by Crippen LogP contribution is -2.18. The predicted molar refractivity (Wildman–Crippen MR) is 61.5 cm³/mol. The Morgan fingerprint density at radius 1 is 1.53 bits per heavy atom. The first kappa shape index (κ1) is 11.1. The van der Waals surface area contributed by atoms with Gasteiger partial charge < -0.3 is 10.4 Å². The van der Waals surface area contributed by atoms with E-state index < -0.39 is 0 Å². The van der Waals surface area contributed by atoms with Crippen molar-refractivity contribution in [2.24, 2.45) is 0 Å². The van der Waals surface area contributed by atoms with Gasteiger partial charge in [0.2, 0.25) is 5.91 Å². The first-order valence-electron chi connectivity index (χ1n) is 5.07. The molecule has 88 valence electrons. The number of phenolic OH excluding ortho intramolecular Hbond substituents is 1. The lowest BCUT2D eigenvalue weighted by atomic mass is 10.2. The number of amides is 1. The number of aromatic nitrogens is 3. The van der Waals surface area contributed by atoms with Crippen molar-refractivity contribution in [1.29, 1.82) is 0 Å². The molecule has 0 aliphatic heterocycles. The van der Waals surface area contributed by atoms with Crippen molar-refractivity contribution in [3.05, 3.63) is 36.4 Å². The van der Waals surface area contributed by atoms with E-state index in [0.717, 1.165) is 5.56 Å². The molecule has 0 aliphatic carbocycles. The van der Waals surface area contributed by atoms with Crippen LogP contribution in [-0.4, -0.2) is 25.8 Å². The second kappa shape index (κ2) is 4.65. The van der Waals surface area contributed by atoms with E-state index >= 15 is 0 Å². The van der Waals surface area contributed by atoms with Crippen molar-refractivity contribution < 1.29 is 9.90 Å². The van der Waals surface area contributed by atoms with Gasteiger partial charge in [-0.15, -0.1) is 0 Å². The summed E-state index contributed by atoms with van der Waals surface area (Å²) >= 11 is 0. The van der Waals surface area contributed by atoms with Gasteiger partial charge in [-0.25, -0.2) is 9.67 Å². The minimum Gasteiger partial charge on any atom is -0.508 e. The molecule has 0 spiro atoms. The number of anilines is 1. The van der Waals surface area contributed by atoms with Gasteiger partial charge in [0.15, 0.2) is 0 Å². The number of nitrogens with one attached hydrogen (secondary N) is 1. The monoisotopic (exact) mass is 232 g/mol. The molecule has 2 rings (SSSR count). The fraction of sp³-hybridized carbons (Fsp3) is 0.182. The van der Waals surface area contributed by atoms with Crippen molar-refractivity contribution in [2.75, 3.05) is 5.32 Å². The quantitative estimate of drug-likeness (QED) is 0.825. The molecule has 0 unspecified atom stereocenters. The maximum atomic E-state index is 11.6. The fourth-order valence-corrected chi connectivity index (χ4v) is 1.35. The molecule has 6 heteroatoms. The number of benzene rings is 1. The summed E-state index contributed by atoms with van der Waals surface area (Å²) in [5.74, 6) is -0.0673. The summed E-state index contributed by atoms with van der Waals surface area (Å²) in [6.45, 7) is 1.88. The van der Waals surface area contributed by atoms with Crippen LogP contribution in [0.1, 0.15) is 5.56 Å². The molecular weight excluding hydrogens is 220 g/mol. The Morgan fingerprint density at radius 2 is 2.35 bits per heavy atom. The third-order valence-corrected chi connectivity index (χ3v) is 2.27. The van der Waals surface area contributed by atoms with Gasteiger partial charge in [0, 0.05) is 11.8 Å². The summed E-state index contributed by atoms with van der Waals surface area (Å²) in [4.78, 5) is 15.3. The Balaban J connectivity index is 2.00. The zero-order chi connectivity index (χ0) is 12.3. The lowest BCUT2D eigenvalue weighted by Gasteiger charge is -2.06. The van der Waals surface area contributed by atoms with Crippen molar-refractivity contribution in [2.45, 2.75) is 13.5 Å². The lowest BCUT2D eigenvalue weighted by molar-refractivity contribution is -0.116. The van der Waals surface area contributed by atoms with Crippen molar-refractivity contribution >= 4 is 11.6 Å². The first-order valence-corrected chi connectivity index (χ1v) is 5.07. The predicted octanol–water partition coefficient (Wildman–Crippen LogP) is 0.931. The van der Waals surface area contributed by atoms with Crippen molar-refractivity contribution in [3.63, 3.8) is 0 Å². The zero-order valence-corrected chi connectivity index (χ0v) is 9.29. The van der Waals surface area contributed by atoms with E-state index in [1.807, 2.05) is 0 Å². The topological polar surface area (TPSA) is 80.0 Å². The van der Waals surface area contributed by atoms with Crippen LogP contribution < -0.4 is 5.32 Å². The SMILES string of the molecule is Cc1ccc(NC(=O)Cn2cncn2)cc1O. The standard InChI is InChI=1S/C11H12N4O2/c1-8-2-3-9(4-10(8)16)14-11(17)5-15-7-12-6-13-15/h2-4,6-7,16H,5H2,1H3,(H,14,17). The van der Waals surface area contributed by atoms with Gasteiger partial charge in [0.25, 0.3) is 0 Å². The Labute approximate surface area is 97.9 Å². The molecule has 0 aliphatic rings. The molecule has 2 aromatic rings. The third-order valence-electron chi connectivity index (χ3n) is 2.27. The van der Waals surface area contributed by atoms with Crippen LogP contribution in [0.2, 0.25) is 0 Å². The molecule has 0 saturated heterocycles. The number of phenols is 1. The Kier molecular flexibility index (Phi) is 3.04. The highest BCUT2D eigenvalue weighted by Crippen LogP contribution is 2.20. The third kappa shape index (κ3) is 2.81. The van der Waals surface area contributed by atoms with Crippen LogP contribution in [0, 0.1) is 6.92 Å².